The molecule has 3 nitrogen and oxygen atoms in total. The number of aryl methyl sites for hydroxylation is 2. The van der Waals surface area contributed by atoms with Crippen LogP contribution in [0.2, 0.25) is 0 Å². The standard InChI is InChI=1S/C18H29NO2/c1-14-9-10-18(15(2)11-14)21-13-17(20)12-19(3)16-7-5-4-6-8-16/h9-11,16-17,20H,4-8,12-13H2,1-3H3/t17-/m0/s1. The molecule has 0 spiro atoms. The number of aliphatic hydroxyl groups is 1. The molecule has 21 heavy (non-hydrogen) atoms. The predicted molar refractivity (Wildman–Crippen MR) is 86.9 cm³/mol. The van der Waals surface area contributed by atoms with Crippen molar-refractivity contribution >= 4 is 0 Å². The molecule has 1 aliphatic carbocycles. The molecule has 0 heterocycles. The van der Waals surface area contributed by atoms with Gasteiger partial charge in [0, 0.05) is 12.6 Å². The second-order valence-corrected chi connectivity index (χ2v) is 6.47. The smallest absolute Gasteiger partial charge is 0.122 e. The minimum Gasteiger partial charge on any atom is -0.491 e. The third-order valence-electron chi connectivity index (χ3n) is 4.46. The summed E-state index contributed by atoms with van der Waals surface area (Å²) >= 11 is 0. The van der Waals surface area contributed by atoms with Crippen LogP contribution in [0.3, 0.4) is 0 Å². The van der Waals surface area contributed by atoms with Crippen LogP contribution in [0.25, 0.3) is 0 Å². The Bertz CT molecular complexity index is 441. The highest BCUT2D eigenvalue weighted by atomic mass is 16.5. The lowest BCUT2D eigenvalue weighted by molar-refractivity contribution is 0.0559. The van der Waals surface area contributed by atoms with E-state index in [0.717, 1.165) is 11.3 Å². The van der Waals surface area contributed by atoms with E-state index in [4.69, 9.17) is 4.74 Å². The van der Waals surface area contributed by atoms with Crippen molar-refractivity contribution in [3.8, 4) is 5.75 Å². The van der Waals surface area contributed by atoms with E-state index in [1.165, 1.54) is 37.7 Å². The number of hydrogen-bond donors (Lipinski definition) is 1. The van der Waals surface area contributed by atoms with Crippen LogP contribution < -0.4 is 4.74 Å². The molecule has 0 amide bonds. The zero-order chi connectivity index (χ0) is 15.2. The van der Waals surface area contributed by atoms with Gasteiger partial charge in [-0.2, -0.15) is 0 Å². The van der Waals surface area contributed by atoms with Gasteiger partial charge in [0.1, 0.15) is 18.5 Å². The zero-order valence-electron chi connectivity index (χ0n) is 13.6. The minimum atomic E-state index is -0.433. The van der Waals surface area contributed by atoms with Crippen molar-refractivity contribution < 1.29 is 9.84 Å². The Morgan fingerprint density at radius 1 is 1.24 bits per heavy atom. The zero-order valence-corrected chi connectivity index (χ0v) is 13.6. The lowest BCUT2D eigenvalue weighted by atomic mass is 9.94. The molecular formula is C18H29NO2. The highest BCUT2D eigenvalue weighted by Crippen LogP contribution is 2.22. The molecule has 1 atom stereocenters. The lowest BCUT2D eigenvalue weighted by Gasteiger charge is -2.32. The molecular weight excluding hydrogens is 262 g/mol. The van der Waals surface area contributed by atoms with Crippen molar-refractivity contribution in [1.82, 2.24) is 4.90 Å². The average Bonchev–Trinajstić information content (AvgIpc) is 2.47. The fourth-order valence-electron chi connectivity index (χ4n) is 3.20. The molecule has 1 aromatic rings. The SMILES string of the molecule is Cc1ccc(OC[C@@H](O)CN(C)C2CCCCC2)c(C)c1. The Kier molecular flexibility index (Phi) is 6.07. The molecule has 3 heteroatoms. The number of likely N-dealkylation sites (N-methyl/N-ethyl adjacent to an activating group) is 1. The van der Waals surface area contributed by atoms with E-state index in [9.17, 15) is 5.11 Å². The molecule has 1 saturated carbocycles. The van der Waals surface area contributed by atoms with Gasteiger partial charge in [-0.05, 0) is 45.4 Å². The number of aliphatic hydroxyl groups excluding tert-OH is 1. The molecule has 0 radical (unpaired) electrons. The molecule has 0 bridgehead atoms. The van der Waals surface area contributed by atoms with Gasteiger partial charge < -0.3 is 14.7 Å². The first-order valence-electron chi connectivity index (χ1n) is 8.14. The highest BCUT2D eigenvalue weighted by molar-refractivity contribution is 5.35. The quantitative estimate of drug-likeness (QED) is 0.873. The van der Waals surface area contributed by atoms with Gasteiger partial charge in [-0.15, -0.1) is 0 Å². The number of nitrogens with zero attached hydrogens (tertiary/aromatic N) is 1. The third-order valence-corrected chi connectivity index (χ3v) is 4.46. The Hall–Kier alpha value is -1.06. The monoisotopic (exact) mass is 291 g/mol. The maximum Gasteiger partial charge on any atom is 0.122 e. The van der Waals surface area contributed by atoms with Gasteiger partial charge in [0.2, 0.25) is 0 Å². The van der Waals surface area contributed by atoms with Gasteiger partial charge in [0.05, 0.1) is 0 Å². The highest BCUT2D eigenvalue weighted by Gasteiger charge is 2.20. The molecule has 0 saturated heterocycles. The van der Waals surface area contributed by atoms with Crippen LogP contribution in [0.5, 0.6) is 5.75 Å². The number of hydrogen-bond acceptors (Lipinski definition) is 3. The molecule has 2 rings (SSSR count). The maximum absolute atomic E-state index is 10.2. The first kappa shape index (κ1) is 16.3. The molecule has 0 unspecified atom stereocenters. The number of benzene rings is 1. The Morgan fingerprint density at radius 2 is 1.95 bits per heavy atom. The van der Waals surface area contributed by atoms with E-state index >= 15 is 0 Å². The van der Waals surface area contributed by atoms with Crippen LogP contribution in [-0.2, 0) is 0 Å². The maximum atomic E-state index is 10.2. The van der Waals surface area contributed by atoms with E-state index in [1.807, 2.05) is 19.1 Å². The van der Waals surface area contributed by atoms with E-state index in [-0.39, 0.29) is 0 Å². The average molecular weight is 291 g/mol. The van der Waals surface area contributed by atoms with Crippen molar-refractivity contribution in [1.29, 1.82) is 0 Å². The van der Waals surface area contributed by atoms with Gasteiger partial charge in [0.15, 0.2) is 0 Å². The fraction of sp³-hybridized carbons (Fsp3) is 0.667. The largest absolute Gasteiger partial charge is 0.491 e. The summed E-state index contributed by atoms with van der Waals surface area (Å²) in [4.78, 5) is 2.30. The summed E-state index contributed by atoms with van der Waals surface area (Å²) in [6.07, 6.45) is 6.11. The molecule has 1 fully saturated rings. The summed E-state index contributed by atoms with van der Waals surface area (Å²) in [5, 5.41) is 10.2. The second kappa shape index (κ2) is 7.81. The van der Waals surface area contributed by atoms with Gasteiger partial charge in [-0.1, -0.05) is 37.0 Å². The van der Waals surface area contributed by atoms with Crippen LogP contribution in [0.1, 0.15) is 43.2 Å². The van der Waals surface area contributed by atoms with Crippen molar-refractivity contribution in [3.63, 3.8) is 0 Å². The molecule has 1 aromatic carbocycles. The van der Waals surface area contributed by atoms with Crippen LogP contribution >= 0.6 is 0 Å². The summed E-state index contributed by atoms with van der Waals surface area (Å²) in [6.45, 7) is 5.17. The van der Waals surface area contributed by atoms with Gasteiger partial charge in [0.25, 0.3) is 0 Å². The summed E-state index contributed by atoms with van der Waals surface area (Å²) in [5.41, 5.74) is 2.36. The topological polar surface area (TPSA) is 32.7 Å². The third kappa shape index (κ3) is 5.01. The van der Waals surface area contributed by atoms with E-state index < -0.39 is 6.10 Å². The fourth-order valence-corrected chi connectivity index (χ4v) is 3.20. The van der Waals surface area contributed by atoms with Crippen molar-refractivity contribution in [2.45, 2.75) is 58.1 Å². The lowest BCUT2D eigenvalue weighted by Crippen LogP contribution is -2.40. The first-order chi connectivity index (χ1) is 10.1. The number of rotatable bonds is 6. The molecule has 118 valence electrons. The second-order valence-electron chi connectivity index (χ2n) is 6.47. The molecule has 0 aromatic heterocycles. The summed E-state index contributed by atoms with van der Waals surface area (Å²) in [6, 6.07) is 6.77. The summed E-state index contributed by atoms with van der Waals surface area (Å²) < 4.78 is 5.77. The Labute approximate surface area is 128 Å². The van der Waals surface area contributed by atoms with Crippen LogP contribution in [0.15, 0.2) is 18.2 Å². The normalized spacial score (nSPS) is 18.0. The van der Waals surface area contributed by atoms with E-state index in [2.05, 4.69) is 24.9 Å². The Morgan fingerprint density at radius 3 is 2.62 bits per heavy atom. The van der Waals surface area contributed by atoms with Crippen molar-refractivity contribution in [2.24, 2.45) is 0 Å². The van der Waals surface area contributed by atoms with Gasteiger partial charge in [-0.3, -0.25) is 0 Å². The predicted octanol–water partition coefficient (Wildman–Crippen LogP) is 3.31. The summed E-state index contributed by atoms with van der Waals surface area (Å²) in [5.74, 6) is 0.875. The van der Waals surface area contributed by atoms with E-state index in [1.54, 1.807) is 0 Å². The first-order valence-corrected chi connectivity index (χ1v) is 8.14. The number of ether oxygens (including phenoxy) is 1. The minimum absolute atomic E-state index is 0.362. The summed E-state index contributed by atoms with van der Waals surface area (Å²) in [7, 11) is 2.12. The molecule has 0 aliphatic heterocycles. The van der Waals surface area contributed by atoms with Gasteiger partial charge >= 0.3 is 0 Å². The van der Waals surface area contributed by atoms with Crippen LogP contribution in [0, 0.1) is 13.8 Å². The van der Waals surface area contributed by atoms with E-state index in [0.29, 0.717) is 19.2 Å². The van der Waals surface area contributed by atoms with Crippen LogP contribution in [0.4, 0.5) is 0 Å². The molecule has 1 aliphatic rings. The van der Waals surface area contributed by atoms with Crippen molar-refractivity contribution in [2.75, 3.05) is 20.2 Å². The van der Waals surface area contributed by atoms with Crippen LogP contribution in [-0.4, -0.2) is 42.4 Å². The van der Waals surface area contributed by atoms with Gasteiger partial charge in [-0.25, -0.2) is 0 Å². The molecule has 1 N–H and O–H groups in total. The van der Waals surface area contributed by atoms with Crippen molar-refractivity contribution in [3.05, 3.63) is 29.3 Å². The Balaban J connectivity index is 1.77.